The summed E-state index contributed by atoms with van der Waals surface area (Å²) in [6.45, 7) is 3.17. The molecule has 146 valence electrons. The average Bonchev–Trinajstić information content (AvgIpc) is 2.75. The first-order valence-electron chi connectivity index (χ1n) is 10.1. The van der Waals surface area contributed by atoms with Crippen molar-refractivity contribution in [3.05, 3.63) is 71.3 Å². The number of nitrogens with zero attached hydrogens (tertiary/aromatic N) is 2. The van der Waals surface area contributed by atoms with Gasteiger partial charge in [-0.05, 0) is 42.5 Å². The minimum atomic E-state index is 0.0727. The number of rotatable bonds is 4. The summed E-state index contributed by atoms with van der Waals surface area (Å²) in [6, 6.07) is 17.9. The number of amides is 2. The molecule has 2 amide bonds. The number of hydrogen-bond acceptors (Lipinski definition) is 3. The smallest absolute Gasteiger partial charge is 0.253 e. The summed E-state index contributed by atoms with van der Waals surface area (Å²) in [4.78, 5) is 29.1. The molecule has 5 heteroatoms. The highest BCUT2D eigenvalue weighted by Gasteiger charge is 2.25. The van der Waals surface area contributed by atoms with Gasteiger partial charge in [-0.2, -0.15) is 0 Å². The molecule has 0 bridgehead atoms. The average molecular weight is 377 g/mol. The summed E-state index contributed by atoms with van der Waals surface area (Å²) in [5, 5.41) is 3.22. The zero-order valence-electron chi connectivity index (χ0n) is 16.1. The molecule has 1 aliphatic carbocycles. The summed E-state index contributed by atoms with van der Waals surface area (Å²) in [5.41, 5.74) is 3.34. The summed E-state index contributed by atoms with van der Waals surface area (Å²) in [6.07, 6.45) is 3.21. The van der Waals surface area contributed by atoms with Crippen molar-refractivity contribution in [1.82, 2.24) is 15.1 Å². The maximum atomic E-state index is 12.6. The van der Waals surface area contributed by atoms with Gasteiger partial charge in [0.05, 0.1) is 12.6 Å². The molecule has 1 N–H and O–H groups in total. The predicted molar refractivity (Wildman–Crippen MR) is 109 cm³/mol. The number of aryl methyl sites for hydroxylation is 1. The molecule has 0 aromatic heterocycles. The quantitative estimate of drug-likeness (QED) is 0.891. The molecule has 1 atom stereocenters. The lowest BCUT2D eigenvalue weighted by atomic mass is 9.88. The van der Waals surface area contributed by atoms with Gasteiger partial charge in [-0.1, -0.05) is 42.5 Å². The van der Waals surface area contributed by atoms with Gasteiger partial charge in [0.15, 0.2) is 0 Å². The summed E-state index contributed by atoms with van der Waals surface area (Å²) in [5.74, 6) is 0.146. The molecule has 1 heterocycles. The van der Waals surface area contributed by atoms with Gasteiger partial charge in [-0.15, -0.1) is 0 Å². The minimum absolute atomic E-state index is 0.0727. The van der Waals surface area contributed by atoms with Gasteiger partial charge in [0.25, 0.3) is 5.91 Å². The van der Waals surface area contributed by atoms with Crippen LogP contribution in [0.3, 0.4) is 0 Å². The van der Waals surface area contributed by atoms with E-state index in [4.69, 9.17) is 0 Å². The van der Waals surface area contributed by atoms with E-state index in [0.717, 1.165) is 37.9 Å². The van der Waals surface area contributed by atoms with Crippen LogP contribution in [0.2, 0.25) is 0 Å². The Kier molecular flexibility index (Phi) is 5.72. The first kappa shape index (κ1) is 18.7. The van der Waals surface area contributed by atoms with Crippen molar-refractivity contribution in [2.45, 2.75) is 25.3 Å². The largest absolute Gasteiger partial charge is 0.348 e. The van der Waals surface area contributed by atoms with Crippen LogP contribution in [0.25, 0.3) is 0 Å². The fourth-order valence-corrected chi connectivity index (χ4v) is 4.22. The molecular weight excluding hydrogens is 350 g/mol. The van der Waals surface area contributed by atoms with Gasteiger partial charge >= 0.3 is 0 Å². The number of carbonyl (C=O) groups is 2. The molecule has 2 aromatic carbocycles. The number of nitrogens with one attached hydrogen (secondary N) is 1. The number of piperazine rings is 1. The van der Waals surface area contributed by atoms with Gasteiger partial charge in [0.1, 0.15) is 0 Å². The first-order chi connectivity index (χ1) is 13.7. The van der Waals surface area contributed by atoms with E-state index in [0.29, 0.717) is 19.6 Å². The zero-order chi connectivity index (χ0) is 19.3. The maximum Gasteiger partial charge on any atom is 0.253 e. The van der Waals surface area contributed by atoms with E-state index >= 15 is 0 Å². The number of carbonyl (C=O) groups excluding carboxylic acids is 2. The second kappa shape index (κ2) is 8.57. The predicted octanol–water partition coefficient (Wildman–Crippen LogP) is 2.64. The fourth-order valence-electron chi connectivity index (χ4n) is 4.22. The van der Waals surface area contributed by atoms with E-state index in [1.165, 1.54) is 11.1 Å². The second-order valence-corrected chi connectivity index (χ2v) is 7.65. The molecule has 1 aliphatic heterocycles. The van der Waals surface area contributed by atoms with E-state index in [2.05, 4.69) is 28.4 Å². The van der Waals surface area contributed by atoms with Crippen LogP contribution in [0, 0.1) is 0 Å². The Labute approximate surface area is 166 Å². The van der Waals surface area contributed by atoms with Crippen molar-refractivity contribution in [1.29, 1.82) is 0 Å². The molecule has 28 heavy (non-hydrogen) atoms. The highest BCUT2D eigenvalue weighted by molar-refractivity contribution is 5.94. The van der Waals surface area contributed by atoms with Crippen LogP contribution in [0.5, 0.6) is 0 Å². The Bertz CT molecular complexity index is 829. The van der Waals surface area contributed by atoms with Crippen molar-refractivity contribution in [2.24, 2.45) is 0 Å². The van der Waals surface area contributed by atoms with Crippen molar-refractivity contribution in [3.8, 4) is 0 Å². The van der Waals surface area contributed by atoms with E-state index in [-0.39, 0.29) is 17.9 Å². The third-order valence-electron chi connectivity index (χ3n) is 5.75. The monoisotopic (exact) mass is 377 g/mol. The Morgan fingerprint density at radius 3 is 2.43 bits per heavy atom. The van der Waals surface area contributed by atoms with Gasteiger partial charge < -0.3 is 10.2 Å². The summed E-state index contributed by atoms with van der Waals surface area (Å²) in [7, 11) is 0. The normalized spacial score (nSPS) is 19.7. The van der Waals surface area contributed by atoms with Crippen molar-refractivity contribution < 1.29 is 9.59 Å². The van der Waals surface area contributed by atoms with Crippen LogP contribution in [-0.4, -0.2) is 54.3 Å². The standard InChI is InChI=1S/C23H27N3O2/c27-22(24-21-12-6-10-18-7-4-5-11-20(18)21)17-25-13-15-26(16-14-25)23(28)19-8-2-1-3-9-19/h1-5,7-9,11,21H,6,10,12-17H2,(H,24,27). The van der Waals surface area contributed by atoms with Crippen LogP contribution in [-0.2, 0) is 11.2 Å². The number of hydrogen-bond donors (Lipinski definition) is 1. The lowest BCUT2D eigenvalue weighted by Crippen LogP contribution is -2.51. The summed E-state index contributed by atoms with van der Waals surface area (Å²) < 4.78 is 0. The third kappa shape index (κ3) is 4.25. The molecule has 1 fully saturated rings. The van der Waals surface area contributed by atoms with Crippen LogP contribution >= 0.6 is 0 Å². The van der Waals surface area contributed by atoms with Crippen LogP contribution < -0.4 is 5.32 Å². The molecular formula is C23H27N3O2. The maximum absolute atomic E-state index is 12.6. The van der Waals surface area contributed by atoms with Crippen LogP contribution in [0.15, 0.2) is 54.6 Å². The molecule has 1 unspecified atom stereocenters. The van der Waals surface area contributed by atoms with E-state index in [1.54, 1.807) is 0 Å². The summed E-state index contributed by atoms with van der Waals surface area (Å²) >= 11 is 0. The lowest BCUT2D eigenvalue weighted by molar-refractivity contribution is -0.123. The Hall–Kier alpha value is -2.66. The van der Waals surface area contributed by atoms with E-state index < -0.39 is 0 Å². The topological polar surface area (TPSA) is 52.7 Å². The molecule has 0 radical (unpaired) electrons. The number of fused-ring (bicyclic) bond motifs is 1. The van der Waals surface area contributed by atoms with Crippen LogP contribution in [0.1, 0.15) is 40.4 Å². The molecule has 5 nitrogen and oxygen atoms in total. The van der Waals surface area contributed by atoms with Crippen molar-refractivity contribution in [3.63, 3.8) is 0 Å². The highest BCUT2D eigenvalue weighted by atomic mass is 16.2. The van der Waals surface area contributed by atoms with Gasteiger partial charge in [0.2, 0.25) is 5.91 Å². The second-order valence-electron chi connectivity index (χ2n) is 7.65. The van der Waals surface area contributed by atoms with Gasteiger partial charge in [-0.3, -0.25) is 14.5 Å². The molecule has 1 saturated heterocycles. The van der Waals surface area contributed by atoms with Gasteiger partial charge in [-0.25, -0.2) is 0 Å². The molecule has 2 aromatic rings. The SMILES string of the molecule is O=C(CN1CCN(C(=O)c2ccccc2)CC1)NC1CCCc2ccccc21. The van der Waals surface area contributed by atoms with Gasteiger partial charge in [0, 0.05) is 31.7 Å². The Morgan fingerprint density at radius 1 is 0.929 bits per heavy atom. The molecule has 0 saturated carbocycles. The Balaban J connectivity index is 1.27. The molecule has 2 aliphatic rings. The van der Waals surface area contributed by atoms with E-state index in [9.17, 15) is 9.59 Å². The van der Waals surface area contributed by atoms with E-state index in [1.807, 2.05) is 41.3 Å². The van der Waals surface area contributed by atoms with Crippen molar-refractivity contribution >= 4 is 11.8 Å². The first-order valence-corrected chi connectivity index (χ1v) is 10.1. The molecule has 0 spiro atoms. The zero-order valence-corrected chi connectivity index (χ0v) is 16.1. The van der Waals surface area contributed by atoms with Crippen molar-refractivity contribution in [2.75, 3.05) is 32.7 Å². The fraction of sp³-hybridized carbons (Fsp3) is 0.391. The lowest BCUT2D eigenvalue weighted by Gasteiger charge is -2.35. The van der Waals surface area contributed by atoms with Crippen LogP contribution in [0.4, 0.5) is 0 Å². The highest BCUT2D eigenvalue weighted by Crippen LogP contribution is 2.29. The minimum Gasteiger partial charge on any atom is -0.348 e. The third-order valence-corrected chi connectivity index (χ3v) is 5.75. The number of benzene rings is 2. The Morgan fingerprint density at radius 2 is 1.64 bits per heavy atom. The molecule has 4 rings (SSSR count).